The zero-order valence-electron chi connectivity index (χ0n) is 11.6. The summed E-state index contributed by atoms with van der Waals surface area (Å²) in [6.45, 7) is 10.6. The Morgan fingerprint density at radius 2 is 2.39 bits per heavy atom. The van der Waals surface area contributed by atoms with Gasteiger partial charge >= 0.3 is 0 Å². The van der Waals surface area contributed by atoms with Gasteiger partial charge in [0.25, 0.3) is 0 Å². The van der Waals surface area contributed by atoms with Crippen molar-refractivity contribution < 1.29 is 4.74 Å². The molecule has 0 aromatic carbocycles. The highest BCUT2D eigenvalue weighted by Crippen LogP contribution is 2.18. The van der Waals surface area contributed by atoms with Gasteiger partial charge in [-0.2, -0.15) is 0 Å². The van der Waals surface area contributed by atoms with Crippen molar-refractivity contribution in [2.75, 3.05) is 26.3 Å². The van der Waals surface area contributed by atoms with Crippen LogP contribution in [0.2, 0.25) is 0 Å². The van der Waals surface area contributed by atoms with Gasteiger partial charge < -0.3 is 10.1 Å². The molecule has 0 amide bonds. The lowest BCUT2D eigenvalue weighted by Gasteiger charge is -2.38. The first kappa shape index (κ1) is 14.0. The van der Waals surface area contributed by atoms with Crippen LogP contribution in [0.4, 0.5) is 0 Å². The molecule has 3 nitrogen and oxygen atoms in total. The quantitative estimate of drug-likeness (QED) is 0.888. The Labute approximate surface area is 114 Å². The minimum absolute atomic E-state index is 0.448. The van der Waals surface area contributed by atoms with E-state index in [0.29, 0.717) is 18.1 Å². The summed E-state index contributed by atoms with van der Waals surface area (Å²) in [6.07, 6.45) is 0. The van der Waals surface area contributed by atoms with Gasteiger partial charge in [-0.05, 0) is 32.2 Å². The Hall–Kier alpha value is -0.420. The number of ether oxygens (including phenoxy) is 1. The Bertz CT molecular complexity index is 342. The number of thiophene rings is 1. The lowest BCUT2D eigenvalue weighted by Crippen LogP contribution is -2.51. The van der Waals surface area contributed by atoms with Gasteiger partial charge in [-0.1, -0.05) is 6.07 Å². The van der Waals surface area contributed by atoms with Crippen LogP contribution in [0.1, 0.15) is 31.7 Å². The fraction of sp³-hybridized carbons (Fsp3) is 0.714. The average molecular weight is 268 g/mol. The van der Waals surface area contributed by atoms with Crippen LogP contribution in [-0.2, 0) is 4.74 Å². The van der Waals surface area contributed by atoms with Crippen LogP contribution in [0.5, 0.6) is 0 Å². The summed E-state index contributed by atoms with van der Waals surface area (Å²) in [5.74, 6) is 0. The van der Waals surface area contributed by atoms with Crippen LogP contribution in [0, 0.1) is 0 Å². The van der Waals surface area contributed by atoms with Crippen molar-refractivity contribution in [2.24, 2.45) is 0 Å². The molecule has 0 aliphatic carbocycles. The van der Waals surface area contributed by atoms with Gasteiger partial charge in [-0.25, -0.2) is 0 Å². The van der Waals surface area contributed by atoms with Gasteiger partial charge in [0, 0.05) is 36.1 Å². The first-order chi connectivity index (χ1) is 8.68. The molecule has 0 unspecified atom stereocenters. The smallest absolute Gasteiger partial charge is 0.0619 e. The lowest BCUT2D eigenvalue weighted by molar-refractivity contribution is -0.0184. The van der Waals surface area contributed by atoms with Gasteiger partial charge in [0.2, 0.25) is 0 Å². The van der Waals surface area contributed by atoms with Crippen LogP contribution in [-0.4, -0.2) is 43.3 Å². The highest BCUT2D eigenvalue weighted by Gasteiger charge is 2.23. The molecule has 1 saturated heterocycles. The maximum atomic E-state index is 5.49. The number of morpholine rings is 1. The summed E-state index contributed by atoms with van der Waals surface area (Å²) in [5, 5.41) is 5.77. The molecule has 0 saturated carbocycles. The van der Waals surface area contributed by atoms with Gasteiger partial charge in [0.1, 0.15) is 0 Å². The van der Waals surface area contributed by atoms with Crippen LogP contribution >= 0.6 is 11.3 Å². The molecule has 1 aromatic heterocycles. The van der Waals surface area contributed by atoms with E-state index in [1.165, 1.54) is 4.88 Å². The molecule has 1 N–H and O–H groups in total. The van der Waals surface area contributed by atoms with E-state index >= 15 is 0 Å². The normalized spacial score (nSPS) is 24.9. The number of hydrogen-bond acceptors (Lipinski definition) is 4. The van der Waals surface area contributed by atoms with E-state index in [4.69, 9.17) is 4.74 Å². The van der Waals surface area contributed by atoms with Crippen LogP contribution in [0.25, 0.3) is 0 Å². The predicted molar refractivity (Wildman–Crippen MR) is 77.2 cm³/mol. The maximum Gasteiger partial charge on any atom is 0.0619 e. The Kier molecular flexibility index (Phi) is 5.18. The van der Waals surface area contributed by atoms with Gasteiger partial charge in [0.15, 0.2) is 0 Å². The largest absolute Gasteiger partial charge is 0.379 e. The Morgan fingerprint density at radius 1 is 1.56 bits per heavy atom. The van der Waals surface area contributed by atoms with E-state index in [0.717, 1.165) is 26.3 Å². The molecule has 1 aromatic rings. The molecule has 3 atom stereocenters. The number of rotatable bonds is 5. The van der Waals surface area contributed by atoms with Crippen molar-refractivity contribution >= 4 is 11.3 Å². The van der Waals surface area contributed by atoms with Crippen LogP contribution in [0.3, 0.4) is 0 Å². The predicted octanol–water partition coefficient (Wildman–Crippen LogP) is 2.51. The number of hydrogen-bond donors (Lipinski definition) is 1. The summed E-state index contributed by atoms with van der Waals surface area (Å²) in [5.41, 5.74) is 0. The molecular formula is C14H24N2OS. The summed E-state index contributed by atoms with van der Waals surface area (Å²) in [4.78, 5) is 3.95. The molecule has 2 rings (SSSR count). The molecule has 0 spiro atoms. The summed E-state index contributed by atoms with van der Waals surface area (Å²) in [6, 6.07) is 5.86. The van der Waals surface area contributed by atoms with E-state index in [1.807, 2.05) is 11.3 Å². The average Bonchev–Trinajstić information content (AvgIpc) is 2.90. The molecular weight excluding hydrogens is 244 g/mol. The molecule has 1 aliphatic heterocycles. The van der Waals surface area contributed by atoms with E-state index in [2.05, 4.69) is 48.5 Å². The third-order valence-electron chi connectivity index (χ3n) is 3.67. The standard InChI is InChI=1S/C14H24N2OS/c1-11(16-6-7-17-10-12(16)2)9-15-13(3)14-5-4-8-18-14/h4-5,8,11-13,15H,6-7,9-10H2,1-3H3/t11-,12+,13+/m1/s1. The lowest BCUT2D eigenvalue weighted by atomic mass is 10.1. The molecule has 0 bridgehead atoms. The molecule has 1 aliphatic rings. The van der Waals surface area contributed by atoms with E-state index in [1.54, 1.807) is 0 Å². The van der Waals surface area contributed by atoms with Gasteiger partial charge in [-0.15, -0.1) is 11.3 Å². The molecule has 2 heterocycles. The molecule has 4 heteroatoms. The van der Waals surface area contributed by atoms with Gasteiger partial charge in [-0.3, -0.25) is 4.90 Å². The highest BCUT2D eigenvalue weighted by atomic mass is 32.1. The number of nitrogens with zero attached hydrogens (tertiary/aromatic N) is 1. The fourth-order valence-electron chi connectivity index (χ4n) is 2.50. The maximum absolute atomic E-state index is 5.49. The van der Waals surface area contributed by atoms with Crippen LogP contribution in [0.15, 0.2) is 17.5 Å². The monoisotopic (exact) mass is 268 g/mol. The molecule has 102 valence electrons. The number of nitrogens with one attached hydrogen (secondary N) is 1. The minimum Gasteiger partial charge on any atom is -0.379 e. The first-order valence-electron chi connectivity index (χ1n) is 6.78. The Morgan fingerprint density at radius 3 is 3.06 bits per heavy atom. The van der Waals surface area contributed by atoms with Crippen molar-refractivity contribution in [1.29, 1.82) is 0 Å². The zero-order chi connectivity index (χ0) is 13.0. The van der Waals surface area contributed by atoms with Crippen molar-refractivity contribution in [1.82, 2.24) is 10.2 Å². The topological polar surface area (TPSA) is 24.5 Å². The Balaban J connectivity index is 1.78. The van der Waals surface area contributed by atoms with Crippen molar-refractivity contribution in [3.8, 4) is 0 Å². The second kappa shape index (κ2) is 6.66. The molecule has 18 heavy (non-hydrogen) atoms. The summed E-state index contributed by atoms with van der Waals surface area (Å²) in [7, 11) is 0. The van der Waals surface area contributed by atoms with E-state index in [9.17, 15) is 0 Å². The first-order valence-corrected chi connectivity index (χ1v) is 7.66. The van der Waals surface area contributed by atoms with Crippen LogP contribution < -0.4 is 5.32 Å². The summed E-state index contributed by atoms with van der Waals surface area (Å²) >= 11 is 1.82. The molecule has 1 fully saturated rings. The fourth-order valence-corrected chi connectivity index (χ4v) is 3.26. The van der Waals surface area contributed by atoms with E-state index in [-0.39, 0.29) is 0 Å². The van der Waals surface area contributed by atoms with Crippen molar-refractivity contribution in [3.05, 3.63) is 22.4 Å². The van der Waals surface area contributed by atoms with Gasteiger partial charge in [0.05, 0.1) is 13.2 Å². The zero-order valence-corrected chi connectivity index (χ0v) is 12.4. The highest BCUT2D eigenvalue weighted by molar-refractivity contribution is 7.10. The minimum atomic E-state index is 0.448. The molecule has 0 radical (unpaired) electrons. The second-order valence-corrected chi connectivity index (χ2v) is 6.14. The summed E-state index contributed by atoms with van der Waals surface area (Å²) < 4.78 is 5.49. The van der Waals surface area contributed by atoms with Crippen molar-refractivity contribution in [2.45, 2.75) is 38.9 Å². The third-order valence-corrected chi connectivity index (χ3v) is 4.73. The van der Waals surface area contributed by atoms with E-state index < -0.39 is 0 Å². The third kappa shape index (κ3) is 3.54. The van der Waals surface area contributed by atoms with Crippen molar-refractivity contribution in [3.63, 3.8) is 0 Å². The second-order valence-electron chi connectivity index (χ2n) is 5.16. The SMILES string of the molecule is C[C@H](NC[C@@H](C)N1CCOC[C@@H]1C)c1cccs1.